The van der Waals surface area contributed by atoms with Crippen molar-refractivity contribution in [1.82, 2.24) is 5.32 Å². The number of rotatable bonds is 5. The van der Waals surface area contributed by atoms with Gasteiger partial charge in [-0.3, -0.25) is 4.79 Å². The van der Waals surface area contributed by atoms with E-state index in [4.69, 9.17) is 22.1 Å². The lowest BCUT2D eigenvalue weighted by molar-refractivity contribution is -0.132. The second kappa shape index (κ2) is 6.34. The fourth-order valence-corrected chi connectivity index (χ4v) is 3.02. The van der Waals surface area contributed by atoms with Crippen molar-refractivity contribution >= 4 is 17.5 Å². The van der Waals surface area contributed by atoms with Gasteiger partial charge < -0.3 is 15.8 Å². The summed E-state index contributed by atoms with van der Waals surface area (Å²) in [7, 11) is 0. The highest BCUT2D eigenvalue weighted by molar-refractivity contribution is 6.30. The highest BCUT2D eigenvalue weighted by Gasteiger charge is 2.36. The highest BCUT2D eigenvalue weighted by Crippen LogP contribution is 2.41. The Bertz CT molecular complexity index is 502. The monoisotopic (exact) mass is 308 g/mol. The summed E-state index contributed by atoms with van der Waals surface area (Å²) in [5, 5.41) is 3.87. The number of amides is 1. The first-order chi connectivity index (χ1) is 10.2. The van der Waals surface area contributed by atoms with E-state index in [-0.39, 0.29) is 24.2 Å². The number of carbonyl (C=O) groups excluding carboxylic acids is 1. The molecule has 1 aromatic carbocycles. The van der Waals surface area contributed by atoms with E-state index in [2.05, 4.69) is 5.32 Å². The number of benzene rings is 1. The van der Waals surface area contributed by atoms with Crippen molar-refractivity contribution in [3.8, 4) is 0 Å². The van der Waals surface area contributed by atoms with Gasteiger partial charge in [-0.15, -0.1) is 0 Å². The molecule has 0 aromatic heterocycles. The van der Waals surface area contributed by atoms with E-state index in [0.717, 1.165) is 31.2 Å². The Morgan fingerprint density at radius 3 is 2.57 bits per heavy atom. The topological polar surface area (TPSA) is 64.4 Å². The standard InChI is InChI=1S/C16H21ClN2O2/c17-12-5-3-11(4-6-12)15(10-1-2-10)19-16(20)14-8-7-13(9-18)21-14/h3-6,10,13-15H,1-2,7-9,18H2,(H,19,20)/t13-,14+,15?/m1/s1. The maximum Gasteiger partial charge on any atom is 0.249 e. The molecule has 114 valence electrons. The van der Waals surface area contributed by atoms with Gasteiger partial charge in [-0.1, -0.05) is 23.7 Å². The molecule has 3 N–H and O–H groups in total. The molecule has 1 aromatic rings. The molecule has 0 spiro atoms. The van der Waals surface area contributed by atoms with Crippen LogP contribution >= 0.6 is 11.6 Å². The van der Waals surface area contributed by atoms with E-state index in [1.54, 1.807) is 0 Å². The van der Waals surface area contributed by atoms with Crippen molar-refractivity contribution in [2.75, 3.05) is 6.54 Å². The minimum Gasteiger partial charge on any atom is -0.364 e. The molecule has 2 fully saturated rings. The minimum absolute atomic E-state index is 0.0159. The Kier molecular flexibility index (Phi) is 4.48. The van der Waals surface area contributed by atoms with Gasteiger partial charge in [0.2, 0.25) is 5.91 Å². The predicted octanol–water partition coefficient (Wildman–Crippen LogP) is 2.41. The van der Waals surface area contributed by atoms with E-state index in [1.165, 1.54) is 0 Å². The zero-order chi connectivity index (χ0) is 14.8. The molecule has 3 atom stereocenters. The maximum absolute atomic E-state index is 12.4. The molecule has 1 amide bonds. The zero-order valence-corrected chi connectivity index (χ0v) is 12.7. The van der Waals surface area contributed by atoms with Crippen molar-refractivity contribution in [1.29, 1.82) is 0 Å². The lowest BCUT2D eigenvalue weighted by Gasteiger charge is -2.21. The van der Waals surface area contributed by atoms with Gasteiger partial charge in [-0.05, 0) is 49.3 Å². The van der Waals surface area contributed by atoms with Gasteiger partial charge in [0.1, 0.15) is 6.10 Å². The van der Waals surface area contributed by atoms with Crippen molar-refractivity contribution < 1.29 is 9.53 Å². The second-order valence-electron chi connectivity index (χ2n) is 5.94. The normalized spacial score (nSPS) is 26.6. The van der Waals surface area contributed by atoms with Crippen LogP contribution in [0.25, 0.3) is 0 Å². The summed E-state index contributed by atoms with van der Waals surface area (Å²) < 4.78 is 5.67. The van der Waals surface area contributed by atoms with Gasteiger partial charge in [0.15, 0.2) is 0 Å². The van der Waals surface area contributed by atoms with Gasteiger partial charge in [-0.25, -0.2) is 0 Å². The summed E-state index contributed by atoms with van der Waals surface area (Å²) in [4.78, 5) is 12.4. The van der Waals surface area contributed by atoms with E-state index >= 15 is 0 Å². The fourth-order valence-electron chi connectivity index (χ4n) is 2.89. The predicted molar refractivity (Wildman–Crippen MR) is 82.0 cm³/mol. The van der Waals surface area contributed by atoms with Crippen molar-refractivity contribution in [3.63, 3.8) is 0 Å². The summed E-state index contributed by atoms with van der Waals surface area (Å²) in [6, 6.07) is 7.78. The minimum atomic E-state index is -0.355. The first-order valence-corrected chi connectivity index (χ1v) is 7.96. The van der Waals surface area contributed by atoms with Gasteiger partial charge >= 0.3 is 0 Å². The third-order valence-electron chi connectivity index (χ3n) is 4.28. The van der Waals surface area contributed by atoms with Crippen LogP contribution in [0.1, 0.15) is 37.3 Å². The summed E-state index contributed by atoms with van der Waals surface area (Å²) in [6.45, 7) is 0.479. The fraction of sp³-hybridized carbons (Fsp3) is 0.562. The molecule has 1 unspecified atom stereocenters. The second-order valence-corrected chi connectivity index (χ2v) is 6.37. The number of nitrogens with two attached hydrogens (primary N) is 1. The summed E-state index contributed by atoms with van der Waals surface area (Å²) in [5.41, 5.74) is 6.71. The van der Waals surface area contributed by atoms with Crippen molar-refractivity contribution in [3.05, 3.63) is 34.9 Å². The average molecular weight is 309 g/mol. The van der Waals surface area contributed by atoms with Crippen LogP contribution in [0.3, 0.4) is 0 Å². The number of hydrogen-bond donors (Lipinski definition) is 2. The molecule has 1 aliphatic heterocycles. The lowest BCUT2D eigenvalue weighted by Crippen LogP contribution is -2.38. The Balaban J connectivity index is 1.65. The lowest BCUT2D eigenvalue weighted by atomic mass is 10.0. The molecule has 1 aliphatic carbocycles. The number of halogens is 1. The third-order valence-corrected chi connectivity index (χ3v) is 4.54. The van der Waals surface area contributed by atoms with E-state index in [9.17, 15) is 4.79 Å². The molecule has 3 rings (SSSR count). The smallest absolute Gasteiger partial charge is 0.249 e. The highest BCUT2D eigenvalue weighted by atomic mass is 35.5. The quantitative estimate of drug-likeness (QED) is 0.878. The third kappa shape index (κ3) is 3.57. The van der Waals surface area contributed by atoms with E-state index in [1.807, 2.05) is 24.3 Å². The van der Waals surface area contributed by atoms with Gasteiger partial charge in [0.05, 0.1) is 12.1 Å². The number of nitrogens with one attached hydrogen (secondary N) is 1. The molecular weight excluding hydrogens is 288 g/mol. The number of ether oxygens (including phenoxy) is 1. The Labute approximate surface area is 130 Å². The molecule has 0 radical (unpaired) electrons. The van der Waals surface area contributed by atoms with Crippen molar-refractivity contribution in [2.45, 2.75) is 43.9 Å². The van der Waals surface area contributed by atoms with Crippen LogP contribution in [0.4, 0.5) is 0 Å². The molecule has 21 heavy (non-hydrogen) atoms. The Morgan fingerprint density at radius 2 is 2.00 bits per heavy atom. The summed E-state index contributed by atoms with van der Waals surface area (Å²) >= 11 is 5.93. The number of carbonyl (C=O) groups is 1. The van der Waals surface area contributed by atoms with Crippen LogP contribution < -0.4 is 11.1 Å². The summed E-state index contributed by atoms with van der Waals surface area (Å²) in [6.07, 6.45) is 3.60. The molecule has 0 bridgehead atoms. The van der Waals surface area contributed by atoms with Gasteiger partial charge in [0.25, 0.3) is 0 Å². The van der Waals surface area contributed by atoms with E-state index in [0.29, 0.717) is 17.5 Å². The molecular formula is C16H21ClN2O2. The van der Waals surface area contributed by atoms with Crippen LogP contribution in [0, 0.1) is 5.92 Å². The van der Waals surface area contributed by atoms with Crippen LogP contribution in [-0.4, -0.2) is 24.7 Å². The first-order valence-electron chi connectivity index (χ1n) is 7.58. The molecule has 2 aliphatic rings. The van der Waals surface area contributed by atoms with Gasteiger partial charge in [0, 0.05) is 11.6 Å². The molecule has 1 heterocycles. The Hall–Kier alpha value is -1.10. The molecule has 4 nitrogen and oxygen atoms in total. The van der Waals surface area contributed by atoms with Crippen LogP contribution in [0.2, 0.25) is 5.02 Å². The van der Waals surface area contributed by atoms with Crippen LogP contribution in [0.15, 0.2) is 24.3 Å². The van der Waals surface area contributed by atoms with Crippen LogP contribution in [-0.2, 0) is 9.53 Å². The van der Waals surface area contributed by atoms with Crippen LogP contribution in [0.5, 0.6) is 0 Å². The van der Waals surface area contributed by atoms with Crippen molar-refractivity contribution in [2.24, 2.45) is 11.7 Å². The average Bonchev–Trinajstić information content (AvgIpc) is 3.22. The first kappa shape index (κ1) is 14.8. The van der Waals surface area contributed by atoms with E-state index < -0.39 is 0 Å². The SMILES string of the molecule is NC[C@H]1CC[C@@H](C(=O)NC(c2ccc(Cl)cc2)C2CC2)O1. The number of hydrogen-bond acceptors (Lipinski definition) is 3. The molecule has 1 saturated heterocycles. The molecule has 1 saturated carbocycles. The summed E-state index contributed by atoms with van der Waals surface area (Å²) in [5.74, 6) is 0.514. The largest absolute Gasteiger partial charge is 0.364 e. The Morgan fingerprint density at radius 1 is 1.29 bits per heavy atom. The zero-order valence-electron chi connectivity index (χ0n) is 11.9. The maximum atomic E-state index is 12.4. The molecule has 5 heteroatoms. The van der Waals surface area contributed by atoms with Gasteiger partial charge in [-0.2, -0.15) is 0 Å².